The van der Waals surface area contributed by atoms with Gasteiger partial charge in [-0.05, 0) is 69.9 Å². The molecule has 1 atom stereocenters. The molecule has 680 valence electrons. The zero-order chi connectivity index (χ0) is 89.8. The molecule has 0 spiro atoms. The van der Waals surface area contributed by atoms with Crippen molar-refractivity contribution in [1.29, 1.82) is 0 Å². The number of imidazole rings is 3. The van der Waals surface area contributed by atoms with Crippen LogP contribution in [0, 0.1) is 20.8 Å². The van der Waals surface area contributed by atoms with Crippen LogP contribution in [0.5, 0.6) is 0 Å². The van der Waals surface area contributed by atoms with Crippen molar-refractivity contribution in [2.45, 2.75) is 84.7 Å². The lowest BCUT2D eigenvalue weighted by Crippen LogP contribution is -2.48. The standard InChI is InChI=1S/C83H114ClN25O16S/c1-10-20-85-67(110)15-21-88-80(117)75-96-64(49-103(75)7)93-68(111)16-22-86-78(115)62-44-59(47-101(62)5)90-81(118)76-97-65(50-104(76)8)94-69(112)17-23-87-79(116)63-45-60(48-102(63)6)91-82(119)77-98-66(51-105(77)9)95-71(114)52-125-43-42-124-41-38-122-35-32-108-28-26-107(27-29-108)31-34-121-37-40-123-39-36-120-33-30-106-24-18-58(19-25-106)89-70(113)46-61-74-100-99-55(4)109(74)83-72(53(2)54(3)126-83)73(92-61)56-11-13-57(84)14-12-56/h11-14,44-45,47-51,58,61H,10,15-43,46,52H2,1-9H3,(H,85,110)(H,86,115)(H,87,116)(H,88,117)(H,89,113)(H,90,118)(H,91,119)(H,93,111)(H,94,112)(H,95,114)/t61-/m0/s1. The highest BCUT2D eigenvalue weighted by molar-refractivity contribution is 7.15. The number of ether oxygens (including phenoxy) is 6. The lowest BCUT2D eigenvalue weighted by molar-refractivity contribution is -0.123. The first-order valence-corrected chi connectivity index (χ1v) is 43.3. The summed E-state index contributed by atoms with van der Waals surface area (Å²) >= 11 is 7.98. The van der Waals surface area contributed by atoms with Gasteiger partial charge in [-0.15, -0.1) is 21.5 Å². The molecule has 0 radical (unpaired) electrons. The number of fused-ring (bicyclic) bond motifs is 3. The molecule has 7 aromatic heterocycles. The maximum absolute atomic E-state index is 13.7. The van der Waals surface area contributed by atoms with Gasteiger partial charge in [-0.1, -0.05) is 30.7 Å². The van der Waals surface area contributed by atoms with E-state index in [0.717, 1.165) is 111 Å². The van der Waals surface area contributed by atoms with Gasteiger partial charge >= 0.3 is 0 Å². The predicted octanol–water partition coefficient (Wildman–Crippen LogP) is 3.67. The fourth-order valence-corrected chi connectivity index (χ4v) is 15.6. The number of anilines is 5. The van der Waals surface area contributed by atoms with Crippen LogP contribution in [0.4, 0.5) is 28.8 Å². The molecule has 0 unspecified atom stereocenters. The second kappa shape index (κ2) is 47.2. The zero-order valence-corrected chi connectivity index (χ0v) is 74.2. The van der Waals surface area contributed by atoms with Crippen LogP contribution in [0.15, 0.2) is 72.4 Å². The van der Waals surface area contributed by atoms with Gasteiger partial charge in [0, 0.05) is 198 Å². The number of halogens is 1. The minimum Gasteiger partial charge on any atom is -0.378 e. The van der Waals surface area contributed by atoms with Gasteiger partial charge in [0.2, 0.25) is 41.1 Å². The lowest BCUT2D eigenvalue weighted by atomic mass is 9.99. The van der Waals surface area contributed by atoms with Crippen molar-refractivity contribution >= 4 is 117 Å². The molecule has 3 aliphatic heterocycles. The number of benzene rings is 1. The molecule has 1 aromatic carbocycles. The third-order valence-corrected chi connectivity index (χ3v) is 22.5. The second-order valence-corrected chi connectivity index (χ2v) is 32.3. The summed E-state index contributed by atoms with van der Waals surface area (Å²) in [6.45, 7) is 21.4. The largest absolute Gasteiger partial charge is 0.378 e. The molecular formula is C83H114ClN25O16S. The molecule has 10 N–H and O–H groups in total. The summed E-state index contributed by atoms with van der Waals surface area (Å²) in [7, 11) is 7.92. The highest BCUT2D eigenvalue weighted by Gasteiger charge is 2.34. The third-order valence-electron chi connectivity index (χ3n) is 21.0. The van der Waals surface area contributed by atoms with E-state index in [0.29, 0.717) is 76.9 Å². The predicted molar refractivity (Wildman–Crippen MR) is 470 cm³/mol. The fourth-order valence-electron chi connectivity index (χ4n) is 14.2. The van der Waals surface area contributed by atoms with Crippen molar-refractivity contribution in [3.05, 3.63) is 134 Å². The molecule has 10 amide bonds. The average molecular weight is 1790 g/mol. The summed E-state index contributed by atoms with van der Waals surface area (Å²) in [6.07, 6.45) is 9.85. The third kappa shape index (κ3) is 27.8. The van der Waals surface area contributed by atoms with E-state index >= 15 is 0 Å². The van der Waals surface area contributed by atoms with Crippen molar-refractivity contribution in [1.82, 2.24) is 93.8 Å². The number of piperazine rings is 1. The average Bonchev–Trinajstić information content (AvgIpc) is 1.59. The van der Waals surface area contributed by atoms with Gasteiger partial charge in [0.1, 0.15) is 34.9 Å². The van der Waals surface area contributed by atoms with E-state index in [1.54, 1.807) is 46.6 Å². The number of aromatic nitrogens is 11. The number of likely N-dealkylation sites (tertiary alicyclic amines) is 1. The topological polar surface area (TPSA) is 462 Å². The number of piperidine rings is 1. The number of amides is 10. The molecule has 41 nitrogen and oxygen atoms in total. The van der Waals surface area contributed by atoms with Crippen LogP contribution in [0.25, 0.3) is 5.00 Å². The number of rotatable bonds is 48. The van der Waals surface area contributed by atoms with Gasteiger partial charge in [0.05, 0.1) is 96.2 Å². The van der Waals surface area contributed by atoms with Crippen molar-refractivity contribution in [2.75, 3.05) is 191 Å². The van der Waals surface area contributed by atoms with E-state index in [1.165, 1.54) is 70.8 Å². The number of aryl methyl sites for hydroxylation is 7. The molecular weight excluding hydrogens is 1670 g/mol. The van der Waals surface area contributed by atoms with Crippen LogP contribution in [-0.4, -0.2) is 302 Å². The molecule has 0 saturated carbocycles. The van der Waals surface area contributed by atoms with Gasteiger partial charge in [-0.3, -0.25) is 67.3 Å². The van der Waals surface area contributed by atoms with E-state index < -0.39 is 53.3 Å². The van der Waals surface area contributed by atoms with Crippen molar-refractivity contribution in [3.8, 4) is 5.00 Å². The number of hydrogen-bond donors (Lipinski definition) is 10. The summed E-state index contributed by atoms with van der Waals surface area (Å²) in [4.78, 5) is 156. The van der Waals surface area contributed by atoms with Crippen LogP contribution in [0.3, 0.4) is 0 Å². The first kappa shape index (κ1) is 95.2. The summed E-state index contributed by atoms with van der Waals surface area (Å²) in [5.74, 6) is -2.93. The molecule has 8 aromatic rings. The number of nitrogens with one attached hydrogen (secondary N) is 10. The Hall–Kier alpha value is -11.5. The van der Waals surface area contributed by atoms with Gasteiger partial charge in [-0.2, -0.15) is 0 Å². The number of hydrogen-bond acceptors (Lipinski definition) is 26. The van der Waals surface area contributed by atoms with Crippen molar-refractivity contribution < 1.29 is 76.4 Å². The van der Waals surface area contributed by atoms with E-state index in [2.05, 4.69) is 111 Å². The monoisotopic (exact) mass is 1780 g/mol. The molecule has 43 heteroatoms. The van der Waals surface area contributed by atoms with Crippen LogP contribution in [0.1, 0.15) is 144 Å². The molecule has 11 rings (SSSR count). The molecule has 126 heavy (non-hydrogen) atoms. The Morgan fingerprint density at radius 2 is 0.905 bits per heavy atom. The summed E-state index contributed by atoms with van der Waals surface area (Å²) in [5.41, 5.74) is 4.82. The van der Waals surface area contributed by atoms with Crippen molar-refractivity contribution in [2.24, 2.45) is 40.2 Å². The smallest absolute Gasteiger partial charge is 0.291 e. The lowest BCUT2D eigenvalue weighted by Gasteiger charge is -2.34. The maximum Gasteiger partial charge on any atom is 0.291 e. The first-order chi connectivity index (χ1) is 60.7. The number of nitrogens with zero attached hydrogens (tertiary/aromatic N) is 15. The summed E-state index contributed by atoms with van der Waals surface area (Å²) in [5, 5.41) is 37.9. The number of thiophene rings is 1. The van der Waals surface area contributed by atoms with Gasteiger partial charge in [0.25, 0.3) is 35.4 Å². The van der Waals surface area contributed by atoms with Crippen LogP contribution in [-0.2, 0) is 87.6 Å². The normalized spacial score (nSPS) is 14.3. The molecule has 0 bridgehead atoms. The zero-order valence-electron chi connectivity index (χ0n) is 72.7. The second-order valence-electron chi connectivity index (χ2n) is 30.6. The van der Waals surface area contributed by atoms with E-state index in [-0.39, 0.29) is 141 Å². The molecule has 2 saturated heterocycles. The Balaban J connectivity index is 0.463. The molecule has 2 fully saturated rings. The number of carbonyl (C=O) groups excluding carboxylic acids is 10. The Bertz CT molecular complexity index is 5110. The van der Waals surface area contributed by atoms with Crippen LogP contribution >= 0.6 is 22.9 Å². The quantitative estimate of drug-likeness (QED) is 0.0243. The Labute approximate surface area is 738 Å². The minimum atomic E-state index is -0.651. The van der Waals surface area contributed by atoms with E-state index in [4.69, 9.17) is 45.0 Å². The van der Waals surface area contributed by atoms with E-state index in [1.807, 2.05) is 38.1 Å². The molecule has 3 aliphatic rings. The molecule has 0 aliphatic carbocycles. The van der Waals surface area contributed by atoms with Gasteiger partial charge < -0.3 is 109 Å². The van der Waals surface area contributed by atoms with E-state index in [9.17, 15) is 47.9 Å². The van der Waals surface area contributed by atoms with Gasteiger partial charge in [0.15, 0.2) is 23.3 Å². The summed E-state index contributed by atoms with van der Waals surface area (Å²) < 4.78 is 43.8. The Morgan fingerprint density at radius 1 is 0.468 bits per heavy atom. The number of carbonyl (C=O) groups is 10. The first-order valence-electron chi connectivity index (χ1n) is 42.1. The Morgan fingerprint density at radius 3 is 1.39 bits per heavy atom. The SMILES string of the molecule is CCCNC(=O)CCNC(=O)c1nc(NC(=O)CCNC(=O)c2cc(NC(=O)c3nc(NC(=O)CCNC(=O)c4cc(NC(=O)c5nc(NC(=O)COCCOCCOCCN6CCN(CCOCCOCCOCCN7CCC(NC(=O)C[C@@H]8N=C(c9ccc(Cl)cc9)c9c(sc(C)c9C)-n9c(C)nnc98)CC7)CC6)cn5C)cn4C)cn3C)cn2C)cn1C. The highest BCUT2D eigenvalue weighted by atomic mass is 35.5. The van der Waals surface area contributed by atoms with Crippen LogP contribution < -0.4 is 53.2 Å². The molecule has 10 heterocycles. The van der Waals surface area contributed by atoms with Gasteiger partial charge in [-0.25, -0.2) is 15.0 Å². The van der Waals surface area contributed by atoms with Crippen LogP contribution in [0.2, 0.25) is 5.02 Å². The number of aliphatic imine (C=N–C) groups is 1. The summed E-state index contributed by atoms with van der Waals surface area (Å²) in [6, 6.07) is 10.1. The highest BCUT2D eigenvalue weighted by Crippen LogP contribution is 2.40. The Kier molecular flexibility index (Phi) is 35.7. The maximum atomic E-state index is 13.7. The minimum absolute atomic E-state index is 0.0259. The fraction of sp³-hybridized carbons (Fsp3) is 0.518. The van der Waals surface area contributed by atoms with Crippen molar-refractivity contribution in [3.63, 3.8) is 0 Å².